The quantitative estimate of drug-likeness (QED) is 0.377. The second-order valence-corrected chi connectivity index (χ2v) is 7.25. The lowest BCUT2D eigenvalue weighted by molar-refractivity contribution is -0.385. The standard InChI is InChI=1S/C15H22N4O2S/c1-15(8-5-9-22-15)11-18-14(16-2)17-10-12-6-3-4-7-13(12)19(20)21/h3-4,6-7H,5,8-11H2,1-2H3,(H2,16,17,18). The molecule has 7 heteroatoms. The third-order valence-electron chi connectivity index (χ3n) is 3.79. The summed E-state index contributed by atoms with van der Waals surface area (Å²) >= 11 is 1.98. The van der Waals surface area contributed by atoms with E-state index in [1.807, 2.05) is 11.8 Å². The molecule has 1 aromatic rings. The fraction of sp³-hybridized carbons (Fsp3) is 0.533. The Morgan fingerprint density at radius 3 is 2.86 bits per heavy atom. The van der Waals surface area contributed by atoms with E-state index < -0.39 is 0 Å². The van der Waals surface area contributed by atoms with Gasteiger partial charge in [-0.2, -0.15) is 11.8 Å². The Balaban J connectivity index is 1.90. The molecule has 22 heavy (non-hydrogen) atoms. The minimum Gasteiger partial charge on any atom is -0.355 e. The number of aliphatic imine (C=N–C) groups is 1. The average molecular weight is 322 g/mol. The lowest BCUT2D eigenvalue weighted by Gasteiger charge is -2.24. The summed E-state index contributed by atoms with van der Waals surface area (Å²) in [5.74, 6) is 1.88. The highest BCUT2D eigenvalue weighted by Gasteiger charge is 2.29. The maximum absolute atomic E-state index is 11.0. The van der Waals surface area contributed by atoms with Crippen LogP contribution in [0.4, 0.5) is 5.69 Å². The van der Waals surface area contributed by atoms with Crippen molar-refractivity contribution in [1.82, 2.24) is 10.6 Å². The first-order valence-corrected chi connectivity index (χ1v) is 8.33. The van der Waals surface area contributed by atoms with E-state index in [0.717, 1.165) is 6.54 Å². The van der Waals surface area contributed by atoms with E-state index in [4.69, 9.17) is 0 Å². The zero-order valence-corrected chi connectivity index (χ0v) is 13.8. The summed E-state index contributed by atoms with van der Waals surface area (Å²) in [7, 11) is 1.71. The van der Waals surface area contributed by atoms with Crippen molar-refractivity contribution in [2.24, 2.45) is 4.99 Å². The van der Waals surface area contributed by atoms with Crippen molar-refractivity contribution in [1.29, 1.82) is 0 Å². The van der Waals surface area contributed by atoms with Crippen LogP contribution in [0.2, 0.25) is 0 Å². The molecule has 2 rings (SSSR count). The zero-order valence-electron chi connectivity index (χ0n) is 13.0. The van der Waals surface area contributed by atoms with Gasteiger partial charge in [-0.3, -0.25) is 15.1 Å². The lowest BCUT2D eigenvalue weighted by atomic mass is 10.1. The Labute approximate surface area is 134 Å². The molecule has 0 aromatic heterocycles. The number of nitrogens with zero attached hydrogens (tertiary/aromatic N) is 2. The molecule has 1 aromatic carbocycles. The van der Waals surface area contributed by atoms with Gasteiger partial charge < -0.3 is 10.6 Å². The molecule has 1 aliphatic rings. The molecular weight excluding hydrogens is 300 g/mol. The number of para-hydroxylation sites is 1. The van der Waals surface area contributed by atoms with Crippen LogP contribution in [0.1, 0.15) is 25.3 Å². The van der Waals surface area contributed by atoms with Gasteiger partial charge in [-0.1, -0.05) is 18.2 Å². The second kappa shape index (κ2) is 7.49. The van der Waals surface area contributed by atoms with Crippen molar-refractivity contribution in [3.63, 3.8) is 0 Å². The van der Waals surface area contributed by atoms with E-state index in [1.165, 1.54) is 24.7 Å². The van der Waals surface area contributed by atoms with Crippen molar-refractivity contribution < 1.29 is 4.92 Å². The van der Waals surface area contributed by atoms with Crippen LogP contribution in [0.15, 0.2) is 29.3 Å². The molecule has 6 nitrogen and oxygen atoms in total. The summed E-state index contributed by atoms with van der Waals surface area (Å²) in [6.07, 6.45) is 2.46. The molecule has 0 aliphatic carbocycles. The predicted octanol–water partition coefficient (Wildman–Crippen LogP) is 2.55. The maximum Gasteiger partial charge on any atom is 0.274 e. The number of nitrogens with one attached hydrogen (secondary N) is 2. The molecular formula is C15H22N4O2S. The summed E-state index contributed by atoms with van der Waals surface area (Å²) in [5.41, 5.74) is 0.778. The molecule has 1 atom stereocenters. The Kier molecular flexibility index (Phi) is 5.65. The van der Waals surface area contributed by atoms with Crippen molar-refractivity contribution in [3.8, 4) is 0 Å². The molecule has 1 unspecified atom stereocenters. The van der Waals surface area contributed by atoms with E-state index in [0.29, 0.717) is 18.1 Å². The van der Waals surface area contributed by atoms with E-state index in [1.54, 1.807) is 25.2 Å². The fourth-order valence-corrected chi connectivity index (χ4v) is 3.73. The minimum absolute atomic E-state index is 0.128. The number of rotatable bonds is 5. The second-order valence-electron chi connectivity index (χ2n) is 5.57. The van der Waals surface area contributed by atoms with Crippen molar-refractivity contribution in [2.75, 3.05) is 19.3 Å². The maximum atomic E-state index is 11.0. The molecule has 1 aliphatic heterocycles. The van der Waals surface area contributed by atoms with Gasteiger partial charge in [0.2, 0.25) is 0 Å². The van der Waals surface area contributed by atoms with Gasteiger partial charge in [0.1, 0.15) is 0 Å². The molecule has 1 heterocycles. The van der Waals surface area contributed by atoms with Gasteiger partial charge in [0.15, 0.2) is 5.96 Å². The molecule has 0 spiro atoms. The fourth-order valence-electron chi connectivity index (χ4n) is 2.48. The van der Waals surface area contributed by atoms with E-state index in [-0.39, 0.29) is 15.4 Å². The third-order valence-corrected chi connectivity index (χ3v) is 5.33. The molecule has 1 saturated heterocycles. The van der Waals surface area contributed by atoms with E-state index >= 15 is 0 Å². The summed E-state index contributed by atoms with van der Waals surface area (Å²) in [6.45, 7) is 3.47. The average Bonchev–Trinajstić information content (AvgIpc) is 2.95. The summed E-state index contributed by atoms with van der Waals surface area (Å²) in [4.78, 5) is 14.8. The van der Waals surface area contributed by atoms with Gasteiger partial charge in [-0.25, -0.2) is 0 Å². The first kappa shape index (κ1) is 16.6. The molecule has 0 saturated carbocycles. The van der Waals surface area contributed by atoms with Gasteiger partial charge in [0.25, 0.3) is 5.69 Å². The van der Waals surface area contributed by atoms with Crippen LogP contribution >= 0.6 is 11.8 Å². The normalized spacial score (nSPS) is 21.6. The van der Waals surface area contributed by atoms with Crippen LogP contribution in [0.5, 0.6) is 0 Å². The van der Waals surface area contributed by atoms with E-state index in [2.05, 4.69) is 22.5 Å². The number of hydrogen-bond donors (Lipinski definition) is 2. The highest BCUT2D eigenvalue weighted by molar-refractivity contribution is 8.00. The third kappa shape index (κ3) is 4.37. The van der Waals surface area contributed by atoms with Crippen molar-refractivity contribution in [3.05, 3.63) is 39.9 Å². The smallest absolute Gasteiger partial charge is 0.274 e. The first-order chi connectivity index (χ1) is 10.5. The van der Waals surface area contributed by atoms with Crippen LogP contribution in [0, 0.1) is 10.1 Å². The number of nitro benzene ring substituents is 1. The van der Waals surface area contributed by atoms with Gasteiger partial charge in [0.05, 0.1) is 4.92 Å². The number of hydrogen-bond acceptors (Lipinski definition) is 4. The highest BCUT2D eigenvalue weighted by Crippen LogP contribution is 2.36. The topological polar surface area (TPSA) is 79.6 Å². The molecule has 1 fully saturated rings. The summed E-state index contributed by atoms with van der Waals surface area (Å²) in [6, 6.07) is 6.75. The van der Waals surface area contributed by atoms with Crippen LogP contribution in [0.3, 0.4) is 0 Å². The summed E-state index contributed by atoms with van der Waals surface area (Å²) < 4.78 is 0.246. The Morgan fingerprint density at radius 1 is 1.45 bits per heavy atom. The minimum atomic E-state index is -0.358. The molecule has 0 bridgehead atoms. The Bertz CT molecular complexity index is 556. The zero-order chi connectivity index (χ0) is 16.0. The predicted molar refractivity (Wildman–Crippen MR) is 91.4 cm³/mol. The van der Waals surface area contributed by atoms with Crippen molar-refractivity contribution >= 4 is 23.4 Å². The molecule has 0 radical (unpaired) electrons. The van der Waals surface area contributed by atoms with Gasteiger partial charge in [0, 0.05) is 36.5 Å². The molecule has 120 valence electrons. The monoisotopic (exact) mass is 322 g/mol. The number of thioether (sulfide) groups is 1. The van der Waals surface area contributed by atoms with Crippen LogP contribution in [-0.4, -0.2) is 35.0 Å². The van der Waals surface area contributed by atoms with Gasteiger partial charge >= 0.3 is 0 Å². The van der Waals surface area contributed by atoms with Crippen LogP contribution in [0.25, 0.3) is 0 Å². The van der Waals surface area contributed by atoms with Gasteiger partial charge in [-0.15, -0.1) is 0 Å². The Hall–Kier alpha value is -1.76. The van der Waals surface area contributed by atoms with Crippen LogP contribution in [-0.2, 0) is 6.54 Å². The number of benzene rings is 1. The largest absolute Gasteiger partial charge is 0.355 e. The van der Waals surface area contributed by atoms with Crippen molar-refractivity contribution in [2.45, 2.75) is 31.1 Å². The number of guanidine groups is 1. The molecule has 2 N–H and O–H groups in total. The Morgan fingerprint density at radius 2 is 2.23 bits per heavy atom. The highest BCUT2D eigenvalue weighted by atomic mass is 32.2. The summed E-state index contributed by atoms with van der Waals surface area (Å²) in [5, 5.41) is 17.5. The molecule has 0 amide bonds. The first-order valence-electron chi connectivity index (χ1n) is 7.35. The number of nitro groups is 1. The van der Waals surface area contributed by atoms with Crippen LogP contribution < -0.4 is 10.6 Å². The lowest BCUT2D eigenvalue weighted by Crippen LogP contribution is -2.43. The van der Waals surface area contributed by atoms with E-state index in [9.17, 15) is 10.1 Å². The van der Waals surface area contributed by atoms with Gasteiger partial charge in [-0.05, 0) is 25.5 Å². The SMILES string of the molecule is CN=C(NCc1ccccc1[N+](=O)[O-])NCC1(C)CCCS1.